The Morgan fingerprint density at radius 1 is 1.14 bits per heavy atom. The van der Waals surface area contributed by atoms with Crippen LogP contribution in [0.3, 0.4) is 0 Å². The molecule has 3 N–H and O–H groups in total. The highest BCUT2D eigenvalue weighted by Crippen LogP contribution is 2.39. The molecule has 1 aliphatic heterocycles. The van der Waals surface area contributed by atoms with Gasteiger partial charge in [-0.15, -0.1) is 0 Å². The number of nitrogens with zero attached hydrogens (tertiary/aromatic N) is 3. The average molecular weight is 619 g/mol. The maximum Gasteiger partial charge on any atom is 0.307 e. The number of carbonyl (C=O) groups excluding carboxylic acids is 1. The molecule has 0 bridgehead atoms. The van der Waals surface area contributed by atoms with Crippen molar-refractivity contribution in [3.8, 4) is 17.0 Å². The normalized spacial score (nSPS) is 11.9. The molecule has 246 valence electrons. The summed E-state index contributed by atoms with van der Waals surface area (Å²) in [7, 11) is 0. The summed E-state index contributed by atoms with van der Waals surface area (Å²) in [6.45, 7) is 20.6. The summed E-state index contributed by atoms with van der Waals surface area (Å²) < 4.78 is 27.5. The van der Waals surface area contributed by atoms with Crippen LogP contribution in [0.25, 0.3) is 16.9 Å². The van der Waals surface area contributed by atoms with Gasteiger partial charge in [-0.3, -0.25) is 9.59 Å². The third kappa shape index (κ3) is 10.9. The van der Waals surface area contributed by atoms with Crippen LogP contribution in [0, 0.1) is 19.7 Å². The number of aliphatic carboxylic acids is 1. The van der Waals surface area contributed by atoms with Crippen molar-refractivity contribution in [1.82, 2.24) is 19.9 Å². The number of nitrogens with one attached hydrogen (secondary N) is 1. The number of carbonyl (C=O) groups is 2. The largest absolute Gasteiger partial charge is 0.490 e. The summed E-state index contributed by atoms with van der Waals surface area (Å²) >= 11 is 0. The Balaban J connectivity index is 0.000000962. The molecule has 3 aromatic rings. The van der Waals surface area contributed by atoms with Crippen LogP contribution in [0.1, 0.15) is 101 Å². The minimum atomic E-state index is -1.05. The number of aromatic nitrogens is 3. The Morgan fingerprint density at radius 3 is 2.36 bits per heavy atom. The van der Waals surface area contributed by atoms with E-state index >= 15 is 4.39 Å². The maximum absolute atomic E-state index is 15.1. The van der Waals surface area contributed by atoms with Crippen molar-refractivity contribution in [1.29, 1.82) is 0 Å². The molecule has 0 fully saturated rings. The minimum Gasteiger partial charge on any atom is -0.490 e. The van der Waals surface area contributed by atoms with E-state index in [1.807, 2.05) is 41.5 Å². The van der Waals surface area contributed by atoms with Gasteiger partial charge in [0.25, 0.3) is 5.91 Å². The highest BCUT2D eigenvalue weighted by Gasteiger charge is 2.26. The number of aryl methyl sites for hydroxylation is 1. The number of carboxylic acid groups (broad SMARTS) is 1. The smallest absolute Gasteiger partial charge is 0.307 e. The molecule has 1 aliphatic rings. The van der Waals surface area contributed by atoms with Crippen LogP contribution in [0.4, 0.5) is 4.39 Å². The molecule has 11 heteroatoms. The quantitative estimate of drug-likeness (QED) is 0.245. The van der Waals surface area contributed by atoms with Crippen LogP contribution in [0.2, 0.25) is 0 Å². The molecule has 1 amide bonds. The van der Waals surface area contributed by atoms with Gasteiger partial charge < -0.3 is 25.0 Å². The van der Waals surface area contributed by atoms with Gasteiger partial charge in [-0.05, 0) is 65.5 Å². The van der Waals surface area contributed by atoms with Gasteiger partial charge in [-0.25, -0.2) is 13.9 Å². The summed E-state index contributed by atoms with van der Waals surface area (Å²) in [5, 5.41) is 25.3. The number of benzene rings is 1. The highest BCUT2D eigenvalue weighted by atomic mass is 19.1. The molecule has 0 spiro atoms. The number of hydrogen-bond donors (Lipinski definition) is 3. The number of hydrogen-bond acceptors (Lipinski definition) is 7. The van der Waals surface area contributed by atoms with E-state index in [0.717, 1.165) is 24.0 Å². The summed E-state index contributed by atoms with van der Waals surface area (Å²) in [5.74, 6) is -1.72. The van der Waals surface area contributed by atoms with E-state index in [-0.39, 0.29) is 17.9 Å². The van der Waals surface area contributed by atoms with Gasteiger partial charge in [-0.2, -0.15) is 5.10 Å². The molecular weight excluding hydrogens is 567 g/mol. The van der Waals surface area contributed by atoms with Crippen LogP contribution in [-0.4, -0.2) is 68.7 Å². The first-order valence-corrected chi connectivity index (χ1v) is 15.5. The third-order valence-electron chi connectivity index (χ3n) is 6.04. The summed E-state index contributed by atoms with van der Waals surface area (Å²) in [6, 6.07) is 2.89. The number of aliphatic hydroxyl groups is 1. The first kappa shape index (κ1) is 38.5. The Morgan fingerprint density at radius 2 is 1.77 bits per heavy atom. The van der Waals surface area contributed by atoms with Gasteiger partial charge in [0.15, 0.2) is 22.9 Å². The Bertz CT molecular complexity index is 1380. The lowest BCUT2D eigenvalue weighted by molar-refractivity contribution is -0.136. The fraction of sp³-hybridized carbons (Fsp3) is 0.576. The molecule has 1 aromatic carbocycles. The van der Waals surface area contributed by atoms with Gasteiger partial charge >= 0.3 is 5.97 Å². The third-order valence-corrected chi connectivity index (χ3v) is 6.04. The van der Waals surface area contributed by atoms with Crippen LogP contribution in [-0.2, 0) is 22.4 Å². The number of carboxylic acids is 1. The predicted molar refractivity (Wildman–Crippen MR) is 171 cm³/mol. The van der Waals surface area contributed by atoms with E-state index in [2.05, 4.69) is 15.4 Å². The molecule has 44 heavy (non-hydrogen) atoms. The number of halogens is 1. The standard InChI is InChI=1S/C25H29FN4O5.C4H10O.2C2H6/c1-4-8-34-10-7-27-25(33)20-13-21-28-15(3)18(12-22(31)32)23(30(21)29-20)17-11-19(26)24-16(14(17)2)6-5-9-35-24;1-4(2,3)5;2*1-2/h11,13H,4-10,12H2,1-3H3,(H,27,33)(H,31,32);5H,1-3H3;2*1-2H3. The molecule has 0 saturated carbocycles. The van der Waals surface area contributed by atoms with Crippen LogP contribution in [0.5, 0.6) is 5.75 Å². The van der Waals surface area contributed by atoms with Crippen molar-refractivity contribution < 1.29 is 33.7 Å². The van der Waals surface area contributed by atoms with Gasteiger partial charge in [-0.1, -0.05) is 34.6 Å². The van der Waals surface area contributed by atoms with E-state index in [0.29, 0.717) is 60.9 Å². The lowest BCUT2D eigenvalue weighted by atomic mass is 9.91. The molecule has 3 heterocycles. The second kappa shape index (κ2) is 18.3. The van der Waals surface area contributed by atoms with E-state index in [1.165, 1.54) is 16.6 Å². The molecule has 0 radical (unpaired) electrons. The van der Waals surface area contributed by atoms with Crippen LogP contribution in [0.15, 0.2) is 12.1 Å². The van der Waals surface area contributed by atoms with Crippen molar-refractivity contribution in [2.24, 2.45) is 0 Å². The Hall–Kier alpha value is -3.57. The fourth-order valence-corrected chi connectivity index (χ4v) is 4.38. The van der Waals surface area contributed by atoms with E-state index in [9.17, 15) is 14.7 Å². The molecule has 0 aliphatic carbocycles. The van der Waals surface area contributed by atoms with Crippen molar-refractivity contribution in [3.63, 3.8) is 0 Å². The molecule has 0 unspecified atom stereocenters. The molecule has 0 saturated heterocycles. The molecule has 10 nitrogen and oxygen atoms in total. The maximum atomic E-state index is 15.1. The number of amides is 1. The van der Waals surface area contributed by atoms with E-state index in [1.54, 1.807) is 27.7 Å². The molecule has 2 aromatic heterocycles. The van der Waals surface area contributed by atoms with Gasteiger partial charge in [0.1, 0.15) is 0 Å². The zero-order valence-corrected chi connectivity index (χ0v) is 28.1. The lowest BCUT2D eigenvalue weighted by Gasteiger charge is -2.23. The minimum absolute atomic E-state index is 0.125. The zero-order valence-electron chi connectivity index (χ0n) is 28.1. The van der Waals surface area contributed by atoms with Crippen molar-refractivity contribution in [2.45, 2.75) is 101 Å². The molecular formula is C33H51FN4O6. The van der Waals surface area contributed by atoms with E-state index < -0.39 is 23.3 Å². The van der Waals surface area contributed by atoms with Crippen LogP contribution >= 0.6 is 0 Å². The summed E-state index contributed by atoms with van der Waals surface area (Å²) in [6.07, 6.45) is 1.98. The van der Waals surface area contributed by atoms with Gasteiger partial charge in [0.05, 0.1) is 30.9 Å². The lowest BCUT2D eigenvalue weighted by Crippen LogP contribution is -2.27. The van der Waals surface area contributed by atoms with Crippen molar-refractivity contribution >= 4 is 17.5 Å². The van der Waals surface area contributed by atoms with Crippen molar-refractivity contribution in [2.75, 3.05) is 26.4 Å². The molecule has 0 atom stereocenters. The number of fused-ring (bicyclic) bond motifs is 2. The first-order chi connectivity index (χ1) is 20.8. The van der Waals surface area contributed by atoms with E-state index in [4.69, 9.17) is 14.6 Å². The van der Waals surface area contributed by atoms with Crippen molar-refractivity contribution in [3.05, 3.63) is 46.0 Å². The SMILES string of the molecule is CC.CC.CC(C)(C)O.CCCOCCNC(=O)c1cc2nc(C)c(CC(=O)O)c(-c3cc(F)c4c(c3C)CCCO4)n2n1. The van der Waals surface area contributed by atoms with Crippen LogP contribution < -0.4 is 10.1 Å². The first-order valence-electron chi connectivity index (χ1n) is 15.5. The average Bonchev–Trinajstić information content (AvgIpc) is 3.40. The van der Waals surface area contributed by atoms with Gasteiger partial charge in [0, 0.05) is 41.6 Å². The second-order valence-corrected chi connectivity index (χ2v) is 10.7. The monoisotopic (exact) mass is 618 g/mol. The summed E-state index contributed by atoms with van der Waals surface area (Å²) in [5.41, 5.74) is 3.33. The second-order valence-electron chi connectivity index (χ2n) is 10.7. The number of ether oxygens (including phenoxy) is 2. The highest BCUT2D eigenvalue weighted by molar-refractivity contribution is 5.93. The molecule has 4 rings (SSSR count). The fourth-order valence-electron chi connectivity index (χ4n) is 4.38. The topological polar surface area (TPSA) is 135 Å². The zero-order chi connectivity index (χ0) is 33.6. The Labute approximate surface area is 261 Å². The van der Waals surface area contributed by atoms with Gasteiger partial charge in [0.2, 0.25) is 0 Å². The Kier molecular flexibility index (Phi) is 16.0. The number of rotatable bonds is 9. The predicted octanol–water partition coefficient (Wildman–Crippen LogP) is 6.09. The summed E-state index contributed by atoms with van der Waals surface area (Å²) in [4.78, 5) is 28.9.